The Bertz CT molecular complexity index is 260. The van der Waals surface area contributed by atoms with E-state index in [0.717, 1.165) is 6.08 Å². The number of hydrogen-bond donors (Lipinski definition) is 3. The quantitative estimate of drug-likeness (QED) is 0.358. The molecule has 0 spiro atoms. The number of aliphatic hydroxyl groups excluding tert-OH is 2. The van der Waals surface area contributed by atoms with Gasteiger partial charge in [0, 0.05) is 6.08 Å². The van der Waals surface area contributed by atoms with Crippen LogP contribution in [0.4, 0.5) is 0 Å². The molecule has 0 fully saturated rings. The minimum Gasteiger partial charge on any atom is -0.386 e. The van der Waals surface area contributed by atoms with Crippen LogP contribution >= 0.6 is 0 Å². The number of nitro groups is 1. The highest BCUT2D eigenvalue weighted by Gasteiger charge is 2.30. The predicted octanol–water partition coefficient (Wildman–Crippen LogP) is -0.708. The van der Waals surface area contributed by atoms with Crippen LogP contribution < -0.4 is 0 Å². The summed E-state index contributed by atoms with van der Waals surface area (Å²) in [6, 6.07) is 0. The molecule has 1 aliphatic carbocycles. The molecule has 0 heterocycles. The van der Waals surface area contributed by atoms with Gasteiger partial charge in [0.05, 0.1) is 17.1 Å². The first kappa shape index (κ1) is 8.82. The van der Waals surface area contributed by atoms with Crippen LogP contribution in [-0.4, -0.2) is 33.1 Å². The van der Waals surface area contributed by atoms with E-state index < -0.39 is 17.1 Å². The Labute approximate surface area is 67.8 Å². The summed E-state index contributed by atoms with van der Waals surface area (Å²) in [5.41, 5.74) is -0.463. The van der Waals surface area contributed by atoms with Crippen molar-refractivity contribution < 1.29 is 15.1 Å². The van der Waals surface area contributed by atoms with E-state index >= 15 is 0 Å². The van der Waals surface area contributed by atoms with Crippen LogP contribution in [0.1, 0.15) is 6.42 Å². The lowest BCUT2D eigenvalue weighted by molar-refractivity contribution is -0.427. The zero-order valence-corrected chi connectivity index (χ0v) is 6.10. The second kappa shape index (κ2) is 3.00. The molecule has 0 saturated heterocycles. The summed E-state index contributed by atoms with van der Waals surface area (Å²) in [6.45, 7) is 0. The molecule has 2 atom stereocenters. The van der Waals surface area contributed by atoms with E-state index in [0.29, 0.717) is 0 Å². The summed E-state index contributed by atoms with van der Waals surface area (Å²) < 4.78 is 0. The van der Waals surface area contributed by atoms with Crippen molar-refractivity contribution in [1.82, 2.24) is 0 Å². The highest BCUT2D eigenvalue weighted by atomic mass is 16.6. The lowest BCUT2D eigenvalue weighted by atomic mass is 9.97. The third kappa shape index (κ3) is 1.49. The summed E-state index contributed by atoms with van der Waals surface area (Å²) in [5.74, 6) is 0. The Hall–Kier alpha value is -1.27. The van der Waals surface area contributed by atoms with Crippen molar-refractivity contribution in [2.24, 2.45) is 0 Å². The largest absolute Gasteiger partial charge is 0.386 e. The first-order valence-electron chi connectivity index (χ1n) is 3.31. The van der Waals surface area contributed by atoms with Crippen molar-refractivity contribution in [2.45, 2.75) is 18.6 Å². The zero-order chi connectivity index (χ0) is 9.30. The maximum atomic E-state index is 10.2. The van der Waals surface area contributed by atoms with Crippen molar-refractivity contribution in [1.29, 1.82) is 5.41 Å². The van der Waals surface area contributed by atoms with Gasteiger partial charge in [-0.15, -0.1) is 0 Å². The van der Waals surface area contributed by atoms with E-state index in [1.165, 1.54) is 0 Å². The SMILES string of the molecule is N=C1CC([N+](=O)[O-])=CC(O)C1O. The van der Waals surface area contributed by atoms with Crippen molar-refractivity contribution in [2.75, 3.05) is 0 Å². The monoisotopic (exact) mass is 172 g/mol. The van der Waals surface area contributed by atoms with E-state index in [2.05, 4.69) is 0 Å². The van der Waals surface area contributed by atoms with Crippen LogP contribution in [-0.2, 0) is 0 Å². The maximum Gasteiger partial charge on any atom is 0.250 e. The summed E-state index contributed by atoms with van der Waals surface area (Å²) >= 11 is 0. The molecule has 3 N–H and O–H groups in total. The highest BCUT2D eigenvalue weighted by Crippen LogP contribution is 2.16. The fourth-order valence-electron chi connectivity index (χ4n) is 0.978. The van der Waals surface area contributed by atoms with Crippen molar-refractivity contribution in [3.05, 3.63) is 21.9 Å². The molecule has 0 aromatic rings. The van der Waals surface area contributed by atoms with Gasteiger partial charge >= 0.3 is 0 Å². The number of aliphatic hydroxyl groups is 2. The van der Waals surface area contributed by atoms with Gasteiger partial charge in [-0.25, -0.2) is 0 Å². The number of allylic oxidation sites excluding steroid dienone is 1. The molecule has 0 aromatic heterocycles. The second-order valence-electron chi connectivity index (χ2n) is 2.55. The fourth-order valence-corrected chi connectivity index (χ4v) is 0.978. The van der Waals surface area contributed by atoms with Crippen molar-refractivity contribution in [3.8, 4) is 0 Å². The summed E-state index contributed by atoms with van der Waals surface area (Å²) in [7, 11) is 0. The average Bonchev–Trinajstić information content (AvgIpc) is 1.99. The number of rotatable bonds is 1. The van der Waals surface area contributed by atoms with Gasteiger partial charge in [-0.05, 0) is 0 Å². The first-order valence-corrected chi connectivity index (χ1v) is 3.31. The van der Waals surface area contributed by atoms with Gasteiger partial charge in [0.15, 0.2) is 0 Å². The molecule has 0 radical (unpaired) electrons. The van der Waals surface area contributed by atoms with Gasteiger partial charge in [-0.3, -0.25) is 10.1 Å². The van der Waals surface area contributed by atoms with Gasteiger partial charge in [0.1, 0.15) is 12.2 Å². The molecular weight excluding hydrogens is 164 g/mol. The zero-order valence-electron chi connectivity index (χ0n) is 6.10. The Balaban J connectivity index is 2.88. The van der Waals surface area contributed by atoms with Gasteiger partial charge in [-0.2, -0.15) is 0 Å². The topological polar surface area (TPSA) is 107 Å². The molecule has 2 unspecified atom stereocenters. The van der Waals surface area contributed by atoms with E-state index in [-0.39, 0.29) is 17.8 Å². The third-order valence-electron chi connectivity index (χ3n) is 1.65. The minimum absolute atomic E-state index is 0.203. The number of hydrogen-bond acceptors (Lipinski definition) is 5. The van der Waals surface area contributed by atoms with Gasteiger partial charge in [-0.1, -0.05) is 0 Å². The van der Waals surface area contributed by atoms with Crippen LogP contribution in [0, 0.1) is 15.5 Å². The number of nitrogens with zero attached hydrogens (tertiary/aromatic N) is 1. The van der Waals surface area contributed by atoms with Crippen molar-refractivity contribution >= 4 is 5.71 Å². The first-order chi connectivity index (χ1) is 5.52. The van der Waals surface area contributed by atoms with E-state index in [4.69, 9.17) is 15.6 Å². The summed E-state index contributed by atoms with van der Waals surface area (Å²) in [4.78, 5) is 9.54. The molecule has 1 rings (SSSR count). The predicted molar refractivity (Wildman–Crippen MR) is 39.4 cm³/mol. The average molecular weight is 172 g/mol. The lowest BCUT2D eigenvalue weighted by Crippen LogP contribution is -2.36. The second-order valence-corrected chi connectivity index (χ2v) is 2.55. The molecule has 1 aliphatic rings. The molecule has 0 aliphatic heterocycles. The van der Waals surface area contributed by atoms with Gasteiger partial charge < -0.3 is 15.6 Å². The van der Waals surface area contributed by atoms with E-state index in [1.54, 1.807) is 0 Å². The molecule has 0 aromatic carbocycles. The third-order valence-corrected chi connectivity index (χ3v) is 1.65. The highest BCUT2D eigenvalue weighted by molar-refractivity contribution is 5.89. The van der Waals surface area contributed by atoms with Crippen LogP contribution in [0.2, 0.25) is 0 Å². The molecule has 12 heavy (non-hydrogen) atoms. The fraction of sp³-hybridized carbons (Fsp3) is 0.500. The number of nitrogens with one attached hydrogen (secondary N) is 1. The van der Waals surface area contributed by atoms with E-state index in [9.17, 15) is 10.1 Å². The molecule has 6 heteroatoms. The Kier molecular flexibility index (Phi) is 2.20. The Morgan fingerprint density at radius 1 is 1.67 bits per heavy atom. The smallest absolute Gasteiger partial charge is 0.250 e. The Morgan fingerprint density at radius 2 is 2.25 bits per heavy atom. The van der Waals surface area contributed by atoms with Crippen LogP contribution in [0.25, 0.3) is 0 Å². The summed E-state index contributed by atoms with van der Waals surface area (Å²) in [6.07, 6.45) is -1.87. The Morgan fingerprint density at radius 3 is 2.67 bits per heavy atom. The van der Waals surface area contributed by atoms with E-state index in [1.807, 2.05) is 0 Å². The lowest BCUT2D eigenvalue weighted by Gasteiger charge is -2.19. The van der Waals surface area contributed by atoms with Crippen molar-refractivity contribution in [3.63, 3.8) is 0 Å². The normalized spacial score (nSPS) is 29.8. The molecular formula is C6H8N2O4. The van der Waals surface area contributed by atoms with Crippen LogP contribution in [0.5, 0.6) is 0 Å². The van der Waals surface area contributed by atoms with Crippen LogP contribution in [0.3, 0.4) is 0 Å². The molecule has 0 amide bonds. The minimum atomic E-state index is -1.33. The van der Waals surface area contributed by atoms with Gasteiger partial charge in [0.25, 0.3) is 5.70 Å². The van der Waals surface area contributed by atoms with Crippen LogP contribution in [0.15, 0.2) is 11.8 Å². The molecule has 0 bridgehead atoms. The molecule has 6 nitrogen and oxygen atoms in total. The molecule has 0 saturated carbocycles. The maximum absolute atomic E-state index is 10.2. The molecule has 66 valence electrons. The van der Waals surface area contributed by atoms with Gasteiger partial charge in [0.2, 0.25) is 0 Å². The summed E-state index contributed by atoms with van der Waals surface area (Å²) in [5, 5.41) is 35.3. The standard InChI is InChI=1S/C6H8N2O4/c7-4-1-3(8(11)12)2-5(9)6(4)10/h2,5-7,9-10H,1H2.